The van der Waals surface area contributed by atoms with Gasteiger partial charge in [-0.1, -0.05) is 30.3 Å². The van der Waals surface area contributed by atoms with Crippen molar-refractivity contribution in [2.24, 2.45) is 0 Å². The van der Waals surface area contributed by atoms with Crippen LogP contribution in [0.4, 0.5) is 5.69 Å². The molecule has 0 heterocycles. The molecule has 114 valence electrons. The maximum Gasteiger partial charge on any atom is 0.346 e. The average Bonchev–Trinajstić information content (AvgIpc) is 2.52. The molecule has 0 aliphatic carbocycles. The molecular weight excluding hydrogens is 308 g/mol. The van der Waals surface area contributed by atoms with E-state index in [0.29, 0.717) is 28.3 Å². The number of nitrogens with zero attached hydrogens (tertiary/aromatic N) is 2. The number of rotatable bonds is 8. The minimum absolute atomic E-state index is 0.359. The summed E-state index contributed by atoms with van der Waals surface area (Å²) in [5.41, 5.74) is 0.863. The molecule has 0 aliphatic rings. The highest BCUT2D eigenvalue weighted by Gasteiger charge is 2.10. The summed E-state index contributed by atoms with van der Waals surface area (Å²) in [6.07, 6.45) is 2.73. The van der Waals surface area contributed by atoms with E-state index in [1.807, 2.05) is 0 Å². The first-order chi connectivity index (χ1) is 10.5. The van der Waals surface area contributed by atoms with Crippen molar-refractivity contribution >= 4 is 29.8 Å². The fraction of sp³-hybridized carbons (Fsp3) is 0. The first-order valence-corrected chi connectivity index (χ1v) is 6.48. The number of carboxylic acids is 1. The van der Waals surface area contributed by atoms with Gasteiger partial charge in [0.25, 0.3) is 0 Å². The van der Waals surface area contributed by atoms with Crippen LogP contribution in [-0.2, 0) is 14.2 Å². The summed E-state index contributed by atoms with van der Waals surface area (Å²) in [4.78, 5) is 12.3. The van der Waals surface area contributed by atoms with Gasteiger partial charge >= 0.3 is 5.97 Å². The third-order valence-corrected chi connectivity index (χ3v) is 2.96. The SMILES string of the molecule is C=CN(C(=C)SOOO)c1ccc(C=C(C#N)C(=O)O)cc1. The topological polar surface area (TPSA) is 103 Å². The molecule has 0 amide bonds. The second kappa shape index (κ2) is 8.66. The quantitative estimate of drug-likeness (QED) is 0.247. The summed E-state index contributed by atoms with van der Waals surface area (Å²) in [5, 5.41) is 29.5. The van der Waals surface area contributed by atoms with Crippen LogP contribution in [-0.4, -0.2) is 16.3 Å². The summed E-state index contributed by atoms with van der Waals surface area (Å²) in [6, 6.07) is 8.22. The van der Waals surface area contributed by atoms with Crippen LogP contribution in [0, 0.1) is 11.3 Å². The Hall–Kier alpha value is -2.57. The standard InChI is InChI=1S/C14H12N2O5S/c1-3-16(10(2)22-21-20-19)13-6-4-11(5-7-13)8-12(9-15)14(17)18/h3-8,19H,1-2H2,(H,17,18). The number of benzene rings is 1. The van der Waals surface area contributed by atoms with Crippen molar-refractivity contribution < 1.29 is 24.5 Å². The van der Waals surface area contributed by atoms with Crippen molar-refractivity contribution in [2.75, 3.05) is 4.90 Å². The summed E-state index contributed by atoms with van der Waals surface area (Å²) in [7, 11) is 0. The Morgan fingerprint density at radius 2 is 2.05 bits per heavy atom. The van der Waals surface area contributed by atoms with Crippen LogP contribution in [0.25, 0.3) is 6.08 Å². The van der Waals surface area contributed by atoms with E-state index in [2.05, 4.69) is 22.5 Å². The average molecular weight is 320 g/mol. The molecule has 0 saturated heterocycles. The molecule has 0 aromatic heterocycles. The molecule has 7 nitrogen and oxygen atoms in total. The number of carboxylic acid groups (broad SMARTS) is 1. The summed E-state index contributed by atoms with van der Waals surface area (Å²) in [6.45, 7) is 7.35. The van der Waals surface area contributed by atoms with Crippen LogP contribution in [0.3, 0.4) is 0 Å². The van der Waals surface area contributed by atoms with E-state index in [0.717, 1.165) is 0 Å². The van der Waals surface area contributed by atoms with Gasteiger partial charge in [-0.15, -0.1) is 4.33 Å². The summed E-state index contributed by atoms with van der Waals surface area (Å²) >= 11 is 0.682. The first-order valence-electron chi connectivity index (χ1n) is 5.74. The van der Waals surface area contributed by atoms with Crippen LogP contribution in [0.2, 0.25) is 0 Å². The van der Waals surface area contributed by atoms with Gasteiger partial charge in [0.05, 0.1) is 12.0 Å². The van der Waals surface area contributed by atoms with Crippen LogP contribution >= 0.6 is 12.0 Å². The molecule has 0 spiro atoms. The molecule has 2 N–H and O–H groups in total. The largest absolute Gasteiger partial charge is 0.477 e. The maximum absolute atomic E-state index is 10.8. The van der Waals surface area contributed by atoms with Crippen LogP contribution < -0.4 is 4.90 Å². The predicted octanol–water partition coefficient (Wildman–Crippen LogP) is 3.17. The second-order valence-corrected chi connectivity index (χ2v) is 4.51. The minimum atomic E-state index is -1.29. The molecule has 0 atom stereocenters. The number of hydrogen-bond donors (Lipinski definition) is 2. The zero-order chi connectivity index (χ0) is 16.5. The van der Waals surface area contributed by atoms with Crippen molar-refractivity contribution in [1.29, 1.82) is 5.26 Å². The Labute approximate surface area is 131 Å². The number of carbonyl (C=O) groups is 1. The lowest BCUT2D eigenvalue weighted by atomic mass is 10.1. The predicted molar refractivity (Wildman–Crippen MR) is 81.9 cm³/mol. The maximum atomic E-state index is 10.8. The summed E-state index contributed by atoms with van der Waals surface area (Å²) < 4.78 is 4.29. The minimum Gasteiger partial charge on any atom is -0.477 e. The Morgan fingerprint density at radius 1 is 1.41 bits per heavy atom. The molecule has 22 heavy (non-hydrogen) atoms. The molecule has 1 rings (SSSR count). The molecular formula is C14H12N2O5S. The fourth-order valence-electron chi connectivity index (χ4n) is 1.49. The number of hydrogen-bond acceptors (Lipinski definition) is 7. The highest BCUT2D eigenvalue weighted by molar-refractivity contribution is 7.98. The second-order valence-electron chi connectivity index (χ2n) is 3.74. The number of nitriles is 1. The lowest BCUT2D eigenvalue weighted by Crippen LogP contribution is -2.11. The third-order valence-electron chi connectivity index (χ3n) is 2.45. The lowest BCUT2D eigenvalue weighted by molar-refractivity contribution is -0.431. The molecule has 0 bridgehead atoms. The fourth-order valence-corrected chi connectivity index (χ4v) is 1.85. The van der Waals surface area contributed by atoms with Gasteiger partial charge < -0.3 is 10.0 Å². The lowest BCUT2D eigenvalue weighted by Gasteiger charge is -2.20. The van der Waals surface area contributed by atoms with E-state index in [1.165, 1.54) is 12.3 Å². The van der Waals surface area contributed by atoms with Gasteiger partial charge in [0.2, 0.25) is 0 Å². The number of anilines is 1. The van der Waals surface area contributed by atoms with E-state index in [4.69, 9.17) is 15.6 Å². The molecule has 0 fully saturated rings. The zero-order valence-corrected chi connectivity index (χ0v) is 12.1. The van der Waals surface area contributed by atoms with Crippen molar-refractivity contribution in [3.05, 3.63) is 59.8 Å². The zero-order valence-electron chi connectivity index (χ0n) is 11.3. The highest BCUT2D eigenvalue weighted by Crippen LogP contribution is 2.27. The normalized spacial score (nSPS) is 10.6. The van der Waals surface area contributed by atoms with Crippen molar-refractivity contribution in [2.45, 2.75) is 0 Å². The van der Waals surface area contributed by atoms with Crippen molar-refractivity contribution in [3.8, 4) is 6.07 Å². The van der Waals surface area contributed by atoms with Crippen LogP contribution in [0.5, 0.6) is 0 Å². The van der Waals surface area contributed by atoms with Crippen LogP contribution in [0.15, 0.2) is 54.2 Å². The van der Waals surface area contributed by atoms with Gasteiger partial charge in [-0.05, 0) is 23.8 Å². The molecule has 1 aromatic rings. The van der Waals surface area contributed by atoms with E-state index in [9.17, 15) is 4.79 Å². The van der Waals surface area contributed by atoms with E-state index < -0.39 is 5.97 Å². The van der Waals surface area contributed by atoms with Gasteiger partial charge in [-0.2, -0.15) is 5.26 Å². The van der Waals surface area contributed by atoms with Crippen molar-refractivity contribution in [3.63, 3.8) is 0 Å². The van der Waals surface area contributed by atoms with Gasteiger partial charge in [0, 0.05) is 11.9 Å². The number of aliphatic carboxylic acids is 1. The van der Waals surface area contributed by atoms with Gasteiger partial charge in [-0.25, -0.2) is 10.1 Å². The Bertz CT molecular complexity index is 634. The highest BCUT2D eigenvalue weighted by atomic mass is 32.2. The molecule has 0 aliphatic heterocycles. The van der Waals surface area contributed by atoms with Crippen molar-refractivity contribution in [1.82, 2.24) is 0 Å². The van der Waals surface area contributed by atoms with Gasteiger partial charge in [0.1, 0.15) is 16.7 Å². The third kappa shape index (κ3) is 4.76. The summed E-state index contributed by atoms with van der Waals surface area (Å²) in [5.74, 6) is -1.29. The molecule has 0 saturated carbocycles. The van der Waals surface area contributed by atoms with Crippen LogP contribution in [0.1, 0.15) is 5.56 Å². The smallest absolute Gasteiger partial charge is 0.346 e. The molecule has 1 aromatic carbocycles. The Balaban J connectivity index is 2.96. The molecule has 8 heteroatoms. The first kappa shape index (κ1) is 17.5. The molecule has 0 unspecified atom stereocenters. The van der Waals surface area contributed by atoms with E-state index in [-0.39, 0.29) is 5.57 Å². The van der Waals surface area contributed by atoms with E-state index in [1.54, 1.807) is 35.2 Å². The van der Waals surface area contributed by atoms with Gasteiger partial charge in [-0.3, -0.25) is 0 Å². The van der Waals surface area contributed by atoms with E-state index >= 15 is 0 Å². The Kier molecular flexibility index (Phi) is 6.88. The molecule has 0 radical (unpaired) electrons. The monoisotopic (exact) mass is 320 g/mol. The van der Waals surface area contributed by atoms with Gasteiger partial charge in [0.15, 0.2) is 0 Å². The Morgan fingerprint density at radius 3 is 2.50 bits per heavy atom.